The van der Waals surface area contributed by atoms with Crippen LogP contribution < -0.4 is 0 Å². The van der Waals surface area contributed by atoms with Gasteiger partial charge < -0.3 is 0 Å². The summed E-state index contributed by atoms with van der Waals surface area (Å²) in [6, 6.07) is 0. The molecule has 0 amide bonds. The van der Waals surface area contributed by atoms with Crippen molar-refractivity contribution in [3.63, 3.8) is 0 Å². The van der Waals surface area contributed by atoms with E-state index in [1.165, 1.54) is 12.8 Å². The number of unbranched alkanes of at least 4 members (excludes halogenated alkanes) is 1. The first kappa shape index (κ1) is 37.1. The largest absolute Gasteiger partial charge is 0.0919 e. The van der Waals surface area contributed by atoms with Crippen LogP contribution in [0, 0.1) is 5.92 Å². The van der Waals surface area contributed by atoms with Gasteiger partial charge in [-0.15, -0.1) is 0 Å². The normalized spacial score (nSPS) is 7.90. The summed E-state index contributed by atoms with van der Waals surface area (Å²) >= 11 is 0. The Hall–Kier alpha value is -0.520. The molecule has 0 heteroatoms. The van der Waals surface area contributed by atoms with Crippen molar-refractivity contribution < 1.29 is 0 Å². The highest BCUT2D eigenvalue weighted by Gasteiger charge is 1.68. The molecule has 21 heavy (non-hydrogen) atoms. The Kier molecular flexibility index (Phi) is 131. The van der Waals surface area contributed by atoms with Crippen molar-refractivity contribution >= 4 is 0 Å². The first-order chi connectivity index (χ1) is 9.97. The third-order valence-electron chi connectivity index (χ3n) is 1.30. The van der Waals surface area contributed by atoms with Crippen molar-refractivity contribution in [3.05, 3.63) is 24.3 Å². The predicted octanol–water partition coefficient (Wildman–Crippen LogP) is 9.08. The van der Waals surface area contributed by atoms with Gasteiger partial charge in [0.1, 0.15) is 0 Å². The molecule has 0 aromatic heterocycles. The van der Waals surface area contributed by atoms with Crippen LogP contribution in [-0.2, 0) is 0 Å². The minimum Gasteiger partial charge on any atom is -0.0919 e. The fourth-order valence-corrected chi connectivity index (χ4v) is 0.236. The van der Waals surface area contributed by atoms with Crippen LogP contribution in [0.15, 0.2) is 24.3 Å². The second-order valence-electron chi connectivity index (χ2n) is 4.38. The highest BCUT2D eigenvalue weighted by molar-refractivity contribution is 4.73. The number of hydrogen-bond acceptors (Lipinski definition) is 0. The van der Waals surface area contributed by atoms with Gasteiger partial charge in [-0.3, -0.25) is 0 Å². The third kappa shape index (κ3) is 491. The second-order valence-corrected chi connectivity index (χ2v) is 4.38. The van der Waals surface area contributed by atoms with Crippen LogP contribution in [0.4, 0.5) is 0 Å². The Bertz CT molecular complexity index is 109. The summed E-state index contributed by atoms with van der Waals surface area (Å²) in [5.41, 5.74) is 0. The van der Waals surface area contributed by atoms with E-state index in [2.05, 4.69) is 53.7 Å². The number of rotatable bonds is 2. The van der Waals surface area contributed by atoms with Gasteiger partial charge in [-0.2, -0.15) is 0 Å². The van der Waals surface area contributed by atoms with Crippen LogP contribution >= 0.6 is 0 Å². The lowest BCUT2D eigenvalue weighted by atomic mass is 10.3. The average Bonchev–Trinajstić information content (AvgIpc) is 2.52. The lowest BCUT2D eigenvalue weighted by Crippen LogP contribution is -1.66. The van der Waals surface area contributed by atoms with E-state index in [1.807, 2.05) is 60.6 Å². The molecule has 0 unspecified atom stereocenters. The first-order valence-electron chi connectivity index (χ1n) is 9.16. The Labute approximate surface area is 140 Å². The quantitative estimate of drug-likeness (QED) is 0.446. The van der Waals surface area contributed by atoms with Crippen LogP contribution in [0.1, 0.15) is 109 Å². The molecule has 0 rings (SSSR count). The van der Waals surface area contributed by atoms with Gasteiger partial charge in [0.25, 0.3) is 0 Å². The summed E-state index contributed by atoms with van der Waals surface area (Å²) in [5.74, 6) is 0.833. The van der Waals surface area contributed by atoms with Crippen molar-refractivity contribution in [2.75, 3.05) is 0 Å². The van der Waals surface area contributed by atoms with E-state index in [1.54, 1.807) is 0 Å². The minimum absolute atomic E-state index is 0.833. The summed E-state index contributed by atoms with van der Waals surface area (Å²) in [4.78, 5) is 0. The summed E-state index contributed by atoms with van der Waals surface area (Å²) in [6.45, 7) is 27.0. The average molecular weight is 303 g/mol. The molecule has 0 aromatic carbocycles. The standard InChI is InChI=1S/C5H10.2C4H10.C4H8.2C2H6/c1-3-5-4-2;1-4(2)3;2*1-3-4-2;2*1-2/h3,5H,4H2,1-2H3;4H,1-3H3;3-4H2,1-2H3;3-4H,1-2H3;2*1-2H3/b5-3-;;;4-3-;;. The third-order valence-corrected chi connectivity index (χ3v) is 1.30. The monoisotopic (exact) mass is 302 g/mol. The lowest BCUT2D eigenvalue weighted by Gasteiger charge is -1.79. The molecule has 0 heterocycles. The summed E-state index contributed by atoms with van der Waals surface area (Å²) in [5, 5.41) is 0. The molecule has 0 saturated heterocycles. The zero-order valence-corrected chi connectivity index (χ0v) is 18.0. The van der Waals surface area contributed by atoms with Gasteiger partial charge in [0.2, 0.25) is 0 Å². The summed E-state index contributed by atoms with van der Waals surface area (Å²) in [7, 11) is 0. The number of allylic oxidation sites excluding steroid dienone is 4. The van der Waals surface area contributed by atoms with E-state index in [4.69, 9.17) is 0 Å². The molecule has 0 saturated carbocycles. The summed E-state index contributed by atoms with van der Waals surface area (Å²) in [6.07, 6.45) is 12.0. The van der Waals surface area contributed by atoms with Crippen LogP contribution in [0.25, 0.3) is 0 Å². The van der Waals surface area contributed by atoms with Gasteiger partial charge in [0.05, 0.1) is 0 Å². The molecule has 0 radical (unpaired) electrons. The Morgan fingerprint density at radius 3 is 0.857 bits per heavy atom. The molecule has 0 aliphatic heterocycles. The van der Waals surface area contributed by atoms with E-state index < -0.39 is 0 Å². The second kappa shape index (κ2) is 74.0. The fourth-order valence-electron chi connectivity index (χ4n) is 0.236. The molecule has 0 nitrogen and oxygen atoms in total. The molecular weight excluding hydrogens is 252 g/mol. The van der Waals surface area contributed by atoms with Crippen molar-refractivity contribution in [3.8, 4) is 0 Å². The van der Waals surface area contributed by atoms with E-state index in [0.29, 0.717) is 0 Å². The van der Waals surface area contributed by atoms with Gasteiger partial charge in [-0.1, -0.05) is 106 Å². The van der Waals surface area contributed by atoms with E-state index in [9.17, 15) is 0 Å². The molecule has 0 aromatic rings. The van der Waals surface area contributed by atoms with Gasteiger partial charge in [-0.05, 0) is 33.1 Å². The molecule has 0 atom stereocenters. The Balaban J connectivity index is -0.0000000332. The topological polar surface area (TPSA) is 0 Å². The van der Waals surface area contributed by atoms with Gasteiger partial charge in [0.15, 0.2) is 0 Å². The van der Waals surface area contributed by atoms with E-state index in [0.717, 1.165) is 12.3 Å². The zero-order valence-electron chi connectivity index (χ0n) is 18.0. The predicted molar refractivity (Wildman–Crippen MR) is 109 cm³/mol. The molecule has 0 fully saturated rings. The van der Waals surface area contributed by atoms with Crippen LogP contribution in [-0.4, -0.2) is 0 Å². The number of hydrogen-bond donors (Lipinski definition) is 0. The maximum absolute atomic E-state index is 2.18. The molecule has 0 aliphatic carbocycles. The van der Waals surface area contributed by atoms with Crippen LogP contribution in [0.2, 0.25) is 0 Å². The Morgan fingerprint density at radius 1 is 0.619 bits per heavy atom. The van der Waals surface area contributed by atoms with Crippen molar-refractivity contribution in [1.82, 2.24) is 0 Å². The first-order valence-corrected chi connectivity index (χ1v) is 9.16. The molecular formula is C21H50. The van der Waals surface area contributed by atoms with Crippen molar-refractivity contribution in [1.29, 1.82) is 0 Å². The van der Waals surface area contributed by atoms with E-state index in [-0.39, 0.29) is 0 Å². The fraction of sp³-hybridized carbons (Fsp3) is 0.810. The van der Waals surface area contributed by atoms with Crippen molar-refractivity contribution in [2.24, 2.45) is 5.92 Å². The minimum atomic E-state index is 0.833. The van der Waals surface area contributed by atoms with Gasteiger partial charge >= 0.3 is 0 Å². The maximum atomic E-state index is 2.18. The molecule has 134 valence electrons. The molecule has 0 bridgehead atoms. The summed E-state index contributed by atoms with van der Waals surface area (Å²) < 4.78 is 0. The maximum Gasteiger partial charge on any atom is -0.0379 e. The smallest absolute Gasteiger partial charge is 0.0379 e. The molecule has 0 aliphatic rings. The highest BCUT2D eigenvalue weighted by atomic mass is 13.7. The lowest BCUT2D eigenvalue weighted by molar-refractivity contribution is 0.737. The van der Waals surface area contributed by atoms with E-state index >= 15 is 0 Å². The van der Waals surface area contributed by atoms with Crippen LogP contribution in [0.3, 0.4) is 0 Å². The zero-order chi connectivity index (χ0) is 18.5. The molecule has 0 spiro atoms. The Morgan fingerprint density at radius 2 is 0.857 bits per heavy atom. The molecule has 0 N–H and O–H groups in total. The highest BCUT2D eigenvalue weighted by Crippen LogP contribution is 1.81. The SMILES string of the molecule is C/C=C\C.C/C=C\CC.CC.CC.CC(C)C.CCCC. The van der Waals surface area contributed by atoms with Crippen LogP contribution in [0.5, 0.6) is 0 Å². The van der Waals surface area contributed by atoms with Gasteiger partial charge in [-0.25, -0.2) is 0 Å². The van der Waals surface area contributed by atoms with Crippen molar-refractivity contribution in [2.45, 2.75) is 109 Å². The van der Waals surface area contributed by atoms with Gasteiger partial charge in [0, 0.05) is 0 Å².